The number of nitrogens with one attached hydrogen (secondary N) is 2. The lowest BCUT2D eigenvalue weighted by Crippen LogP contribution is -2.19. The van der Waals surface area contributed by atoms with E-state index in [4.69, 9.17) is 0 Å². The summed E-state index contributed by atoms with van der Waals surface area (Å²) in [5, 5.41) is 6.64. The standard InChI is InChI=1S/C14H19BrN4S/c1-4-16-13-12(15)14(18-8-17-13)19-9(2)7-11-6-5-10(3)20-11/h5-6,8-9H,4,7H2,1-3H3,(H2,16,17,18,19). The summed E-state index contributed by atoms with van der Waals surface area (Å²) in [7, 11) is 0. The van der Waals surface area contributed by atoms with E-state index in [9.17, 15) is 0 Å². The zero-order valence-electron chi connectivity index (χ0n) is 11.9. The average molecular weight is 355 g/mol. The molecule has 0 saturated heterocycles. The number of thiophene rings is 1. The van der Waals surface area contributed by atoms with Gasteiger partial charge in [-0.3, -0.25) is 0 Å². The highest BCUT2D eigenvalue weighted by Gasteiger charge is 2.11. The van der Waals surface area contributed by atoms with E-state index in [1.54, 1.807) is 6.33 Å². The summed E-state index contributed by atoms with van der Waals surface area (Å²) < 4.78 is 0.885. The smallest absolute Gasteiger partial charge is 0.146 e. The number of aromatic nitrogens is 2. The molecule has 0 amide bonds. The number of halogens is 1. The van der Waals surface area contributed by atoms with E-state index in [-0.39, 0.29) is 0 Å². The lowest BCUT2D eigenvalue weighted by atomic mass is 10.2. The van der Waals surface area contributed by atoms with Gasteiger partial charge in [0.05, 0.1) is 0 Å². The summed E-state index contributed by atoms with van der Waals surface area (Å²) in [5.41, 5.74) is 0. The van der Waals surface area contributed by atoms with Crippen LogP contribution in [0.4, 0.5) is 11.6 Å². The van der Waals surface area contributed by atoms with E-state index in [0.29, 0.717) is 6.04 Å². The Balaban J connectivity index is 2.03. The molecule has 2 heterocycles. The van der Waals surface area contributed by atoms with Crippen LogP contribution in [0.25, 0.3) is 0 Å². The van der Waals surface area contributed by atoms with Crippen LogP contribution in [0.15, 0.2) is 22.9 Å². The molecule has 2 rings (SSSR count). The van der Waals surface area contributed by atoms with Crippen molar-refractivity contribution >= 4 is 38.9 Å². The summed E-state index contributed by atoms with van der Waals surface area (Å²) >= 11 is 5.40. The molecule has 108 valence electrons. The van der Waals surface area contributed by atoms with Crippen molar-refractivity contribution < 1.29 is 0 Å². The molecular weight excluding hydrogens is 336 g/mol. The van der Waals surface area contributed by atoms with Gasteiger partial charge in [0.15, 0.2) is 0 Å². The second kappa shape index (κ2) is 7.04. The molecule has 0 spiro atoms. The summed E-state index contributed by atoms with van der Waals surface area (Å²) in [6.45, 7) is 7.18. The quantitative estimate of drug-likeness (QED) is 0.820. The molecule has 0 fully saturated rings. The van der Waals surface area contributed by atoms with Crippen molar-refractivity contribution in [2.75, 3.05) is 17.2 Å². The SMILES string of the molecule is CCNc1ncnc(NC(C)Cc2ccc(C)s2)c1Br. The molecule has 4 nitrogen and oxygen atoms in total. The van der Waals surface area contributed by atoms with E-state index < -0.39 is 0 Å². The van der Waals surface area contributed by atoms with Crippen molar-refractivity contribution in [3.63, 3.8) is 0 Å². The second-order valence-electron chi connectivity index (χ2n) is 4.68. The Morgan fingerprint density at radius 3 is 2.70 bits per heavy atom. The van der Waals surface area contributed by atoms with Crippen LogP contribution < -0.4 is 10.6 Å². The van der Waals surface area contributed by atoms with Crippen LogP contribution in [0.5, 0.6) is 0 Å². The van der Waals surface area contributed by atoms with Crippen LogP contribution in [0, 0.1) is 6.92 Å². The monoisotopic (exact) mass is 354 g/mol. The second-order valence-corrected chi connectivity index (χ2v) is 6.84. The predicted octanol–water partition coefficient (Wildman–Crippen LogP) is 4.08. The minimum Gasteiger partial charge on any atom is -0.369 e. The van der Waals surface area contributed by atoms with Gasteiger partial charge < -0.3 is 10.6 Å². The van der Waals surface area contributed by atoms with E-state index >= 15 is 0 Å². The molecule has 0 radical (unpaired) electrons. The predicted molar refractivity (Wildman–Crippen MR) is 89.7 cm³/mol. The van der Waals surface area contributed by atoms with Crippen LogP contribution in [0.1, 0.15) is 23.6 Å². The number of hydrogen-bond donors (Lipinski definition) is 2. The van der Waals surface area contributed by atoms with Crippen LogP contribution in [0.3, 0.4) is 0 Å². The van der Waals surface area contributed by atoms with E-state index in [2.05, 4.69) is 62.5 Å². The van der Waals surface area contributed by atoms with Crippen molar-refractivity contribution in [2.45, 2.75) is 33.2 Å². The minimum atomic E-state index is 0.314. The molecule has 0 aliphatic rings. The first-order valence-electron chi connectivity index (χ1n) is 6.66. The average Bonchev–Trinajstić information content (AvgIpc) is 2.80. The lowest BCUT2D eigenvalue weighted by molar-refractivity contribution is 0.792. The fourth-order valence-electron chi connectivity index (χ4n) is 1.94. The lowest BCUT2D eigenvalue weighted by Gasteiger charge is -2.16. The first-order valence-corrected chi connectivity index (χ1v) is 8.27. The van der Waals surface area contributed by atoms with E-state index in [0.717, 1.165) is 29.1 Å². The normalized spacial score (nSPS) is 12.2. The first kappa shape index (κ1) is 15.3. The number of hydrogen-bond acceptors (Lipinski definition) is 5. The van der Waals surface area contributed by atoms with Gasteiger partial charge in [-0.25, -0.2) is 9.97 Å². The fraction of sp³-hybridized carbons (Fsp3) is 0.429. The molecule has 0 saturated carbocycles. The largest absolute Gasteiger partial charge is 0.369 e. The summed E-state index contributed by atoms with van der Waals surface area (Å²) in [6.07, 6.45) is 2.57. The van der Waals surface area contributed by atoms with Crippen LogP contribution >= 0.6 is 27.3 Å². The molecule has 2 N–H and O–H groups in total. The van der Waals surface area contributed by atoms with Crippen molar-refractivity contribution in [3.8, 4) is 0 Å². The first-order chi connectivity index (χ1) is 9.60. The Morgan fingerprint density at radius 1 is 1.30 bits per heavy atom. The van der Waals surface area contributed by atoms with Crippen molar-refractivity contribution in [3.05, 3.63) is 32.7 Å². The fourth-order valence-corrected chi connectivity index (χ4v) is 3.42. The minimum absolute atomic E-state index is 0.314. The van der Waals surface area contributed by atoms with Gasteiger partial charge in [0.25, 0.3) is 0 Å². The molecule has 1 atom stereocenters. The highest BCUT2D eigenvalue weighted by atomic mass is 79.9. The van der Waals surface area contributed by atoms with Crippen molar-refractivity contribution in [1.29, 1.82) is 0 Å². The third kappa shape index (κ3) is 3.93. The van der Waals surface area contributed by atoms with Gasteiger partial charge in [0.2, 0.25) is 0 Å². The summed E-state index contributed by atoms with van der Waals surface area (Å²) in [5.74, 6) is 1.65. The molecule has 2 aromatic rings. The van der Waals surface area contributed by atoms with Gasteiger partial charge >= 0.3 is 0 Å². The molecule has 0 aromatic carbocycles. The van der Waals surface area contributed by atoms with Gasteiger partial charge in [-0.1, -0.05) is 0 Å². The number of aryl methyl sites for hydroxylation is 1. The van der Waals surface area contributed by atoms with Crippen LogP contribution in [-0.2, 0) is 6.42 Å². The molecular formula is C14H19BrN4S. The highest BCUT2D eigenvalue weighted by molar-refractivity contribution is 9.10. The van der Waals surface area contributed by atoms with Gasteiger partial charge in [-0.05, 0) is 48.8 Å². The molecule has 2 aromatic heterocycles. The Bertz CT molecular complexity index is 570. The zero-order chi connectivity index (χ0) is 14.5. The summed E-state index contributed by atoms with van der Waals surface area (Å²) in [6, 6.07) is 4.67. The Labute approximate surface area is 132 Å². The highest BCUT2D eigenvalue weighted by Crippen LogP contribution is 2.27. The zero-order valence-corrected chi connectivity index (χ0v) is 14.3. The van der Waals surface area contributed by atoms with Gasteiger partial charge in [-0.15, -0.1) is 11.3 Å². The number of anilines is 2. The van der Waals surface area contributed by atoms with Crippen LogP contribution in [-0.4, -0.2) is 22.6 Å². The topological polar surface area (TPSA) is 49.8 Å². The molecule has 6 heteroatoms. The summed E-state index contributed by atoms with van der Waals surface area (Å²) in [4.78, 5) is 11.3. The number of rotatable bonds is 6. The molecule has 20 heavy (non-hydrogen) atoms. The van der Waals surface area contributed by atoms with E-state index in [1.807, 2.05) is 18.3 Å². The number of nitrogens with zero attached hydrogens (tertiary/aromatic N) is 2. The Kier molecular flexibility index (Phi) is 5.37. The molecule has 1 unspecified atom stereocenters. The molecule has 0 bridgehead atoms. The van der Waals surface area contributed by atoms with Gasteiger partial charge in [0.1, 0.15) is 22.4 Å². The van der Waals surface area contributed by atoms with Crippen LogP contribution in [0.2, 0.25) is 0 Å². The maximum Gasteiger partial charge on any atom is 0.146 e. The van der Waals surface area contributed by atoms with Crippen molar-refractivity contribution in [1.82, 2.24) is 9.97 Å². The maximum absolute atomic E-state index is 4.30. The Morgan fingerprint density at radius 2 is 2.05 bits per heavy atom. The maximum atomic E-state index is 4.30. The van der Waals surface area contributed by atoms with E-state index in [1.165, 1.54) is 9.75 Å². The van der Waals surface area contributed by atoms with Gasteiger partial charge in [0, 0.05) is 28.8 Å². The third-order valence-electron chi connectivity index (χ3n) is 2.82. The molecule has 0 aliphatic carbocycles. The molecule has 0 aliphatic heterocycles. The third-order valence-corrected chi connectivity index (χ3v) is 4.59. The van der Waals surface area contributed by atoms with Crippen molar-refractivity contribution in [2.24, 2.45) is 0 Å². The van der Waals surface area contributed by atoms with Gasteiger partial charge in [-0.2, -0.15) is 0 Å². The Hall–Kier alpha value is -1.14.